The van der Waals surface area contributed by atoms with E-state index in [1.54, 1.807) is 19.9 Å². The molecule has 1 N–H and O–H groups in total. The Kier molecular flexibility index (Phi) is 3.65. The zero-order valence-electron chi connectivity index (χ0n) is 10.8. The van der Waals surface area contributed by atoms with E-state index >= 15 is 0 Å². The normalized spacial score (nSPS) is 10.4. The van der Waals surface area contributed by atoms with Crippen molar-refractivity contribution >= 4 is 5.97 Å². The first-order valence-electron chi connectivity index (χ1n) is 5.73. The summed E-state index contributed by atoms with van der Waals surface area (Å²) in [5.74, 6) is -3.41. The Morgan fingerprint density at radius 1 is 1.25 bits per heavy atom. The monoisotopic (exact) mass is 279 g/mol. The Bertz CT molecular complexity index is 686. The number of hydrogen-bond acceptors (Lipinski definition) is 3. The molecule has 0 saturated heterocycles. The average Bonchev–Trinajstić information content (AvgIpc) is 2.31. The average molecular weight is 279 g/mol. The van der Waals surface area contributed by atoms with Crippen LogP contribution in [-0.2, 0) is 0 Å². The summed E-state index contributed by atoms with van der Waals surface area (Å²) in [6.45, 7) is 3.25. The molecule has 2 rings (SSSR count). The lowest BCUT2D eigenvalue weighted by Crippen LogP contribution is -2.06. The van der Waals surface area contributed by atoms with Crippen molar-refractivity contribution in [2.45, 2.75) is 13.8 Å². The van der Waals surface area contributed by atoms with Crippen LogP contribution < -0.4 is 4.74 Å². The fourth-order valence-corrected chi connectivity index (χ4v) is 1.80. The second kappa shape index (κ2) is 5.24. The summed E-state index contributed by atoms with van der Waals surface area (Å²) in [6, 6.07) is 4.33. The molecule has 104 valence electrons. The van der Waals surface area contributed by atoms with Gasteiger partial charge in [-0.15, -0.1) is 0 Å². The molecule has 0 aliphatic heterocycles. The number of aryl methyl sites for hydroxylation is 2. The van der Waals surface area contributed by atoms with Gasteiger partial charge in [0.2, 0.25) is 5.88 Å². The summed E-state index contributed by atoms with van der Waals surface area (Å²) >= 11 is 0. The molecule has 0 aliphatic carbocycles. The SMILES string of the molecule is Cc1cc(C)c(C(=O)O)c(Oc2ccc(F)cc2F)n1. The van der Waals surface area contributed by atoms with Gasteiger partial charge in [0.25, 0.3) is 0 Å². The van der Waals surface area contributed by atoms with Crippen LogP contribution in [0.1, 0.15) is 21.6 Å². The molecular formula is C14H11F2NO3. The lowest BCUT2D eigenvalue weighted by atomic mass is 10.1. The predicted molar refractivity (Wildman–Crippen MR) is 67.1 cm³/mol. The van der Waals surface area contributed by atoms with Gasteiger partial charge >= 0.3 is 5.97 Å². The van der Waals surface area contributed by atoms with Crippen LogP contribution in [0, 0.1) is 25.5 Å². The van der Waals surface area contributed by atoms with E-state index in [1.165, 1.54) is 0 Å². The highest BCUT2D eigenvalue weighted by Crippen LogP contribution is 2.28. The van der Waals surface area contributed by atoms with Crippen molar-refractivity contribution in [2.75, 3.05) is 0 Å². The number of rotatable bonds is 3. The van der Waals surface area contributed by atoms with Crippen molar-refractivity contribution in [3.63, 3.8) is 0 Å². The van der Waals surface area contributed by atoms with Crippen LogP contribution in [0.15, 0.2) is 24.3 Å². The molecule has 20 heavy (non-hydrogen) atoms. The van der Waals surface area contributed by atoms with Gasteiger partial charge in [-0.25, -0.2) is 18.6 Å². The Labute approximate surface area is 113 Å². The van der Waals surface area contributed by atoms with Gasteiger partial charge in [0.15, 0.2) is 11.6 Å². The number of hydrogen-bond donors (Lipinski definition) is 1. The molecule has 0 saturated carbocycles. The minimum atomic E-state index is -1.23. The fourth-order valence-electron chi connectivity index (χ4n) is 1.80. The van der Waals surface area contributed by atoms with Gasteiger partial charge in [-0.3, -0.25) is 0 Å². The van der Waals surface area contributed by atoms with Gasteiger partial charge in [-0.2, -0.15) is 0 Å². The molecular weight excluding hydrogens is 268 g/mol. The second-order valence-electron chi connectivity index (χ2n) is 4.24. The highest BCUT2D eigenvalue weighted by molar-refractivity contribution is 5.92. The highest BCUT2D eigenvalue weighted by atomic mass is 19.1. The van der Waals surface area contributed by atoms with Crippen LogP contribution in [0.3, 0.4) is 0 Å². The molecule has 0 atom stereocenters. The fraction of sp³-hybridized carbons (Fsp3) is 0.143. The van der Waals surface area contributed by atoms with Gasteiger partial charge in [0.1, 0.15) is 11.4 Å². The molecule has 1 aromatic heterocycles. The molecule has 6 heteroatoms. The lowest BCUT2D eigenvalue weighted by molar-refractivity contribution is 0.0692. The second-order valence-corrected chi connectivity index (χ2v) is 4.24. The van der Waals surface area contributed by atoms with E-state index in [1.807, 2.05) is 0 Å². The number of ether oxygens (including phenoxy) is 1. The van der Waals surface area contributed by atoms with Crippen molar-refractivity contribution < 1.29 is 23.4 Å². The minimum absolute atomic E-state index is 0.153. The molecule has 0 fully saturated rings. The third kappa shape index (κ3) is 2.74. The summed E-state index contributed by atoms with van der Waals surface area (Å²) in [5.41, 5.74) is 0.826. The van der Waals surface area contributed by atoms with E-state index < -0.39 is 17.6 Å². The van der Waals surface area contributed by atoms with Crippen LogP contribution >= 0.6 is 0 Å². The summed E-state index contributed by atoms with van der Waals surface area (Å²) in [7, 11) is 0. The van der Waals surface area contributed by atoms with E-state index in [2.05, 4.69) is 4.98 Å². The molecule has 1 heterocycles. The summed E-state index contributed by atoms with van der Waals surface area (Å²) < 4.78 is 31.5. The quantitative estimate of drug-likeness (QED) is 0.934. The maximum atomic E-state index is 13.5. The number of pyridine rings is 1. The number of aromatic carboxylic acids is 1. The molecule has 0 bridgehead atoms. The Hall–Kier alpha value is -2.50. The number of carboxylic acids is 1. The first-order valence-corrected chi connectivity index (χ1v) is 5.73. The molecule has 4 nitrogen and oxygen atoms in total. The van der Waals surface area contributed by atoms with Gasteiger partial charge in [0, 0.05) is 11.8 Å². The van der Waals surface area contributed by atoms with Crippen LogP contribution in [0.4, 0.5) is 8.78 Å². The van der Waals surface area contributed by atoms with Gasteiger partial charge in [-0.1, -0.05) is 0 Å². The molecule has 0 radical (unpaired) electrons. The minimum Gasteiger partial charge on any atom is -0.477 e. The molecule has 1 aromatic carbocycles. The van der Waals surface area contributed by atoms with Gasteiger partial charge in [0.05, 0.1) is 0 Å². The topological polar surface area (TPSA) is 59.4 Å². The van der Waals surface area contributed by atoms with Gasteiger partial charge in [-0.05, 0) is 37.6 Å². The summed E-state index contributed by atoms with van der Waals surface area (Å²) in [4.78, 5) is 15.2. The van der Waals surface area contributed by atoms with Gasteiger partial charge < -0.3 is 9.84 Å². The predicted octanol–water partition coefficient (Wildman–Crippen LogP) is 3.47. The maximum Gasteiger partial charge on any atom is 0.341 e. The number of aromatic nitrogens is 1. The largest absolute Gasteiger partial charge is 0.477 e. The number of halogens is 2. The number of nitrogens with zero attached hydrogens (tertiary/aromatic N) is 1. The summed E-state index contributed by atoms with van der Waals surface area (Å²) in [5, 5.41) is 9.16. The van der Waals surface area contributed by atoms with E-state index in [0.717, 1.165) is 12.1 Å². The van der Waals surface area contributed by atoms with Crippen LogP contribution in [0.2, 0.25) is 0 Å². The number of carboxylic acid groups (broad SMARTS) is 1. The van der Waals surface area contributed by atoms with E-state index in [4.69, 9.17) is 9.84 Å². The Morgan fingerprint density at radius 3 is 2.55 bits per heavy atom. The third-order valence-corrected chi connectivity index (χ3v) is 2.63. The Balaban J connectivity index is 2.50. The molecule has 0 amide bonds. The van der Waals surface area contributed by atoms with Crippen molar-refractivity contribution in [3.05, 3.63) is 52.7 Å². The zero-order valence-corrected chi connectivity index (χ0v) is 10.8. The smallest absolute Gasteiger partial charge is 0.341 e. The number of carbonyl (C=O) groups is 1. The van der Waals surface area contributed by atoms with E-state index in [9.17, 15) is 13.6 Å². The van der Waals surface area contributed by atoms with Crippen molar-refractivity contribution in [1.82, 2.24) is 4.98 Å². The third-order valence-electron chi connectivity index (χ3n) is 2.63. The van der Waals surface area contributed by atoms with Crippen LogP contribution in [0.25, 0.3) is 0 Å². The number of benzene rings is 1. The highest BCUT2D eigenvalue weighted by Gasteiger charge is 2.19. The van der Waals surface area contributed by atoms with Crippen LogP contribution in [0.5, 0.6) is 11.6 Å². The van der Waals surface area contributed by atoms with Crippen molar-refractivity contribution in [2.24, 2.45) is 0 Å². The lowest BCUT2D eigenvalue weighted by Gasteiger charge is -2.11. The first-order chi connectivity index (χ1) is 9.38. The Morgan fingerprint density at radius 2 is 1.95 bits per heavy atom. The molecule has 2 aromatic rings. The van der Waals surface area contributed by atoms with E-state index in [0.29, 0.717) is 17.3 Å². The molecule has 0 aliphatic rings. The standard InChI is InChI=1S/C14H11F2NO3/c1-7-5-8(2)17-13(12(7)14(18)19)20-11-4-3-9(15)6-10(11)16/h3-6H,1-2H3,(H,18,19). The van der Waals surface area contributed by atoms with Crippen LogP contribution in [-0.4, -0.2) is 16.1 Å². The van der Waals surface area contributed by atoms with E-state index in [-0.39, 0.29) is 17.2 Å². The molecule has 0 unspecified atom stereocenters. The summed E-state index contributed by atoms with van der Waals surface area (Å²) in [6.07, 6.45) is 0. The van der Waals surface area contributed by atoms with Crippen molar-refractivity contribution in [1.29, 1.82) is 0 Å². The van der Waals surface area contributed by atoms with Crippen molar-refractivity contribution in [3.8, 4) is 11.6 Å². The zero-order chi connectivity index (χ0) is 14.9. The first kappa shape index (κ1) is 13.9. The maximum absolute atomic E-state index is 13.5. The molecule has 0 spiro atoms.